The topological polar surface area (TPSA) is 69.2 Å². The van der Waals surface area contributed by atoms with Crippen molar-refractivity contribution in [1.82, 2.24) is 5.43 Å². The molecule has 25 heavy (non-hydrogen) atoms. The van der Waals surface area contributed by atoms with E-state index >= 15 is 0 Å². The molecule has 7 heteroatoms. The molecule has 0 spiro atoms. The molecule has 1 aliphatic rings. The van der Waals surface area contributed by atoms with Crippen molar-refractivity contribution in [2.75, 3.05) is 13.4 Å². The number of benzene rings is 2. The summed E-state index contributed by atoms with van der Waals surface area (Å²) in [5.74, 6) is 1.63. The SMILES string of the molecule is Cc1cc(C)cc(OCC(=O)N/N=C\c2cc(Br)c3c(c2)OCO3)c1. The van der Waals surface area contributed by atoms with Crippen molar-refractivity contribution in [2.45, 2.75) is 13.8 Å². The normalized spacial score (nSPS) is 12.4. The summed E-state index contributed by atoms with van der Waals surface area (Å²) in [4.78, 5) is 11.8. The number of hydrogen-bond donors (Lipinski definition) is 1. The molecule has 1 N–H and O–H groups in total. The zero-order valence-electron chi connectivity index (χ0n) is 13.8. The van der Waals surface area contributed by atoms with E-state index in [0.29, 0.717) is 17.2 Å². The summed E-state index contributed by atoms with van der Waals surface area (Å²) < 4.78 is 16.9. The largest absolute Gasteiger partial charge is 0.484 e. The molecule has 0 unspecified atom stereocenters. The Bertz CT molecular complexity index is 816. The van der Waals surface area contributed by atoms with Crippen LogP contribution in [-0.2, 0) is 4.79 Å². The van der Waals surface area contributed by atoms with Crippen molar-refractivity contribution < 1.29 is 19.0 Å². The number of hydrazone groups is 1. The quantitative estimate of drug-likeness (QED) is 0.612. The molecule has 0 fully saturated rings. The van der Waals surface area contributed by atoms with Gasteiger partial charge >= 0.3 is 0 Å². The lowest BCUT2D eigenvalue weighted by Gasteiger charge is -2.07. The molecule has 0 radical (unpaired) electrons. The van der Waals surface area contributed by atoms with Crippen LogP contribution < -0.4 is 19.6 Å². The van der Waals surface area contributed by atoms with Gasteiger partial charge in [-0.25, -0.2) is 5.43 Å². The van der Waals surface area contributed by atoms with Gasteiger partial charge in [-0.2, -0.15) is 5.10 Å². The van der Waals surface area contributed by atoms with Crippen LogP contribution in [0.25, 0.3) is 0 Å². The molecule has 130 valence electrons. The van der Waals surface area contributed by atoms with Gasteiger partial charge in [0.15, 0.2) is 18.1 Å². The number of amides is 1. The van der Waals surface area contributed by atoms with Gasteiger partial charge in [0.25, 0.3) is 5.91 Å². The van der Waals surface area contributed by atoms with E-state index < -0.39 is 0 Å². The Balaban J connectivity index is 1.53. The fourth-order valence-electron chi connectivity index (χ4n) is 2.44. The maximum absolute atomic E-state index is 11.8. The summed E-state index contributed by atoms with van der Waals surface area (Å²) in [7, 11) is 0. The van der Waals surface area contributed by atoms with Gasteiger partial charge < -0.3 is 14.2 Å². The van der Waals surface area contributed by atoms with Gasteiger partial charge in [-0.3, -0.25) is 4.79 Å². The molecule has 1 heterocycles. The first-order chi connectivity index (χ1) is 12.0. The van der Waals surface area contributed by atoms with E-state index in [9.17, 15) is 4.79 Å². The highest BCUT2D eigenvalue weighted by Crippen LogP contribution is 2.39. The lowest BCUT2D eigenvalue weighted by Crippen LogP contribution is -2.24. The van der Waals surface area contributed by atoms with Gasteiger partial charge in [0.05, 0.1) is 10.7 Å². The molecule has 0 bridgehead atoms. The van der Waals surface area contributed by atoms with Crippen LogP contribution in [0.4, 0.5) is 0 Å². The highest BCUT2D eigenvalue weighted by molar-refractivity contribution is 9.10. The summed E-state index contributed by atoms with van der Waals surface area (Å²) in [5, 5.41) is 3.93. The number of aryl methyl sites for hydroxylation is 2. The molecule has 0 atom stereocenters. The third-order valence-electron chi connectivity index (χ3n) is 3.42. The summed E-state index contributed by atoms with van der Waals surface area (Å²) >= 11 is 3.41. The van der Waals surface area contributed by atoms with E-state index in [2.05, 4.69) is 26.5 Å². The molecule has 3 rings (SSSR count). The van der Waals surface area contributed by atoms with Crippen molar-refractivity contribution in [3.05, 3.63) is 51.5 Å². The smallest absolute Gasteiger partial charge is 0.277 e. The van der Waals surface area contributed by atoms with Crippen molar-refractivity contribution in [1.29, 1.82) is 0 Å². The van der Waals surface area contributed by atoms with Crippen LogP contribution in [0.2, 0.25) is 0 Å². The molecule has 2 aromatic carbocycles. The average molecular weight is 405 g/mol. The fraction of sp³-hybridized carbons (Fsp3) is 0.222. The van der Waals surface area contributed by atoms with Gasteiger partial charge in [-0.1, -0.05) is 6.07 Å². The number of nitrogens with zero attached hydrogens (tertiary/aromatic N) is 1. The number of fused-ring (bicyclic) bond motifs is 1. The highest BCUT2D eigenvalue weighted by Gasteiger charge is 2.17. The predicted molar refractivity (Wildman–Crippen MR) is 97.4 cm³/mol. The van der Waals surface area contributed by atoms with Crippen LogP contribution >= 0.6 is 15.9 Å². The number of carbonyl (C=O) groups excluding carboxylic acids is 1. The summed E-state index contributed by atoms with van der Waals surface area (Å²) in [6, 6.07) is 9.42. The monoisotopic (exact) mass is 404 g/mol. The maximum Gasteiger partial charge on any atom is 0.277 e. The van der Waals surface area contributed by atoms with Gasteiger partial charge in [0.1, 0.15) is 5.75 Å². The Morgan fingerprint density at radius 1 is 1.24 bits per heavy atom. The van der Waals surface area contributed by atoms with Crippen molar-refractivity contribution >= 4 is 28.1 Å². The number of rotatable bonds is 5. The molecule has 0 aromatic heterocycles. The molecule has 1 aliphatic heterocycles. The van der Waals surface area contributed by atoms with Crippen LogP contribution in [0.15, 0.2) is 39.9 Å². The Kier molecular flexibility index (Phi) is 5.23. The number of ether oxygens (including phenoxy) is 3. The molecular formula is C18H17BrN2O4. The average Bonchev–Trinajstić information content (AvgIpc) is 3.01. The lowest BCUT2D eigenvalue weighted by molar-refractivity contribution is -0.123. The number of carbonyl (C=O) groups is 1. The summed E-state index contributed by atoms with van der Waals surface area (Å²) in [6.07, 6.45) is 1.53. The maximum atomic E-state index is 11.8. The van der Waals surface area contributed by atoms with Crippen molar-refractivity contribution in [3.8, 4) is 17.2 Å². The fourth-order valence-corrected chi connectivity index (χ4v) is 3.01. The molecular weight excluding hydrogens is 388 g/mol. The van der Waals surface area contributed by atoms with E-state index in [0.717, 1.165) is 21.2 Å². The van der Waals surface area contributed by atoms with Gasteiger partial charge in [0.2, 0.25) is 6.79 Å². The third-order valence-corrected chi connectivity index (χ3v) is 4.01. The molecule has 0 saturated carbocycles. The first kappa shape index (κ1) is 17.3. The van der Waals surface area contributed by atoms with Crippen LogP contribution in [0.3, 0.4) is 0 Å². The van der Waals surface area contributed by atoms with Crippen LogP contribution in [0.5, 0.6) is 17.2 Å². The predicted octanol–water partition coefficient (Wildman–Crippen LogP) is 3.32. The standard InChI is InChI=1S/C18H17BrN2O4/c1-11-3-12(2)5-14(4-11)23-9-17(22)21-20-8-13-6-15(19)18-16(7-13)24-10-25-18/h3-8H,9-10H2,1-2H3,(H,21,22)/b20-8-. The van der Waals surface area contributed by atoms with Crippen molar-refractivity contribution in [2.24, 2.45) is 5.10 Å². The minimum absolute atomic E-state index is 0.106. The van der Waals surface area contributed by atoms with E-state index in [1.54, 1.807) is 6.07 Å². The van der Waals surface area contributed by atoms with Gasteiger partial charge in [-0.05, 0) is 70.7 Å². The van der Waals surface area contributed by atoms with E-state index in [4.69, 9.17) is 14.2 Å². The van der Waals surface area contributed by atoms with Crippen LogP contribution in [0, 0.1) is 13.8 Å². The van der Waals surface area contributed by atoms with Crippen LogP contribution in [-0.4, -0.2) is 25.5 Å². The second kappa shape index (κ2) is 7.57. The Morgan fingerprint density at radius 3 is 2.76 bits per heavy atom. The zero-order chi connectivity index (χ0) is 17.8. The van der Waals surface area contributed by atoms with E-state index in [-0.39, 0.29) is 19.3 Å². The molecule has 0 aliphatic carbocycles. The molecule has 1 amide bonds. The molecule has 6 nitrogen and oxygen atoms in total. The molecule has 2 aromatic rings. The van der Waals surface area contributed by atoms with E-state index in [1.165, 1.54) is 6.21 Å². The Morgan fingerprint density at radius 2 is 2.00 bits per heavy atom. The Labute approximate surface area is 153 Å². The first-order valence-electron chi connectivity index (χ1n) is 7.63. The summed E-state index contributed by atoms with van der Waals surface area (Å²) in [6.45, 7) is 4.05. The molecule has 0 saturated heterocycles. The minimum atomic E-state index is -0.338. The minimum Gasteiger partial charge on any atom is -0.484 e. The second-order valence-electron chi connectivity index (χ2n) is 5.64. The van der Waals surface area contributed by atoms with Crippen molar-refractivity contribution in [3.63, 3.8) is 0 Å². The highest BCUT2D eigenvalue weighted by atomic mass is 79.9. The zero-order valence-corrected chi connectivity index (χ0v) is 15.4. The third kappa shape index (κ3) is 4.51. The van der Waals surface area contributed by atoms with Gasteiger partial charge in [0, 0.05) is 0 Å². The van der Waals surface area contributed by atoms with Crippen LogP contribution in [0.1, 0.15) is 16.7 Å². The number of nitrogens with one attached hydrogen (secondary N) is 1. The Hall–Kier alpha value is -2.54. The number of halogens is 1. The number of hydrogen-bond acceptors (Lipinski definition) is 5. The summed E-state index contributed by atoms with van der Waals surface area (Å²) in [5.41, 5.74) is 5.38. The van der Waals surface area contributed by atoms with Gasteiger partial charge in [-0.15, -0.1) is 0 Å². The second-order valence-corrected chi connectivity index (χ2v) is 6.50. The lowest BCUT2D eigenvalue weighted by atomic mass is 10.1. The van der Waals surface area contributed by atoms with E-state index in [1.807, 2.05) is 38.1 Å². The first-order valence-corrected chi connectivity index (χ1v) is 8.43.